The number of rotatable bonds is 4. The van der Waals surface area contributed by atoms with Gasteiger partial charge in [-0.2, -0.15) is 0 Å². The van der Waals surface area contributed by atoms with Gasteiger partial charge in [-0.15, -0.1) is 0 Å². The molecule has 0 aliphatic carbocycles. The topological polar surface area (TPSA) is 29.9 Å². The number of aryl methyl sites for hydroxylation is 1. The smallest absolute Gasteiger partial charge is 0.122 e. The predicted molar refractivity (Wildman–Crippen MR) is 45.3 cm³/mol. The average Bonchev–Trinajstić information content (AvgIpc) is 2.47. The normalized spacial score (nSPS) is 10.4. The van der Waals surface area contributed by atoms with Crippen LogP contribution in [0.4, 0.5) is 0 Å². The van der Waals surface area contributed by atoms with E-state index in [1.807, 2.05) is 12.4 Å². The second-order valence-electron chi connectivity index (χ2n) is 2.41. The van der Waals surface area contributed by atoms with Gasteiger partial charge in [-0.3, -0.25) is 0 Å². The number of nitrogens with one attached hydrogen (secondary N) is 1. The fourth-order valence-corrected chi connectivity index (χ4v) is 1.03. The molecule has 0 saturated carbocycles. The summed E-state index contributed by atoms with van der Waals surface area (Å²) in [6.07, 6.45) is 3.85. The van der Waals surface area contributed by atoms with E-state index < -0.39 is 0 Å². The van der Waals surface area contributed by atoms with E-state index in [1.165, 1.54) is 0 Å². The lowest BCUT2D eigenvalue weighted by molar-refractivity contribution is 0.629. The van der Waals surface area contributed by atoms with Crippen LogP contribution in [0.1, 0.15) is 19.7 Å². The van der Waals surface area contributed by atoms with Crippen molar-refractivity contribution in [3.05, 3.63) is 18.2 Å². The Morgan fingerprint density at radius 1 is 1.55 bits per heavy atom. The van der Waals surface area contributed by atoms with Crippen molar-refractivity contribution in [1.29, 1.82) is 0 Å². The first-order chi connectivity index (χ1) is 5.38. The molecule has 0 unspecified atom stereocenters. The minimum Gasteiger partial charge on any atom is -0.334 e. The van der Waals surface area contributed by atoms with Gasteiger partial charge in [0.1, 0.15) is 5.82 Å². The molecule has 0 bridgehead atoms. The summed E-state index contributed by atoms with van der Waals surface area (Å²) in [5.74, 6) is 1.12. The summed E-state index contributed by atoms with van der Waals surface area (Å²) in [5.41, 5.74) is 0. The first-order valence-electron chi connectivity index (χ1n) is 4.09. The zero-order valence-electron chi connectivity index (χ0n) is 7.17. The zero-order valence-corrected chi connectivity index (χ0v) is 7.17. The minimum absolute atomic E-state index is 0.872. The van der Waals surface area contributed by atoms with Crippen molar-refractivity contribution in [1.82, 2.24) is 14.9 Å². The average molecular weight is 153 g/mol. The van der Waals surface area contributed by atoms with Crippen molar-refractivity contribution in [2.75, 3.05) is 6.54 Å². The Bertz CT molecular complexity index is 205. The number of aromatic nitrogens is 2. The molecule has 0 saturated heterocycles. The van der Waals surface area contributed by atoms with E-state index in [-0.39, 0.29) is 0 Å². The summed E-state index contributed by atoms with van der Waals surface area (Å²) in [5, 5.41) is 3.24. The Morgan fingerprint density at radius 3 is 3.00 bits per heavy atom. The van der Waals surface area contributed by atoms with Gasteiger partial charge in [-0.25, -0.2) is 4.98 Å². The molecule has 0 atom stereocenters. The summed E-state index contributed by atoms with van der Waals surface area (Å²) < 4.78 is 2.14. The van der Waals surface area contributed by atoms with Gasteiger partial charge in [0.05, 0.1) is 6.54 Å². The summed E-state index contributed by atoms with van der Waals surface area (Å²) in [6.45, 7) is 7.09. The number of hydrogen-bond donors (Lipinski definition) is 1. The number of nitrogens with zero attached hydrogens (tertiary/aromatic N) is 2. The molecule has 0 amide bonds. The van der Waals surface area contributed by atoms with Gasteiger partial charge in [0.2, 0.25) is 0 Å². The monoisotopic (exact) mass is 153 g/mol. The third-order valence-electron chi connectivity index (χ3n) is 1.68. The molecule has 0 fully saturated rings. The molecule has 0 aromatic carbocycles. The van der Waals surface area contributed by atoms with Gasteiger partial charge >= 0.3 is 0 Å². The van der Waals surface area contributed by atoms with Gasteiger partial charge in [0.25, 0.3) is 0 Å². The Hall–Kier alpha value is -0.830. The SMILES string of the molecule is CCNCc1nccn1CC. The van der Waals surface area contributed by atoms with Crippen molar-refractivity contribution in [3.8, 4) is 0 Å². The Morgan fingerprint density at radius 2 is 2.36 bits per heavy atom. The molecule has 1 aromatic rings. The molecular formula is C8H15N3. The third-order valence-corrected chi connectivity index (χ3v) is 1.68. The van der Waals surface area contributed by atoms with E-state index in [1.54, 1.807) is 0 Å². The second kappa shape index (κ2) is 4.13. The summed E-state index contributed by atoms with van der Waals surface area (Å²) in [6, 6.07) is 0. The van der Waals surface area contributed by atoms with Crippen molar-refractivity contribution in [2.45, 2.75) is 26.9 Å². The standard InChI is InChI=1S/C8H15N3/c1-3-9-7-8-10-5-6-11(8)4-2/h5-6,9H,3-4,7H2,1-2H3. The van der Waals surface area contributed by atoms with Crippen LogP contribution < -0.4 is 5.32 Å². The summed E-state index contributed by atoms with van der Waals surface area (Å²) in [4.78, 5) is 4.22. The number of imidazole rings is 1. The molecule has 1 N–H and O–H groups in total. The lowest BCUT2D eigenvalue weighted by Crippen LogP contribution is -2.15. The molecule has 0 spiro atoms. The summed E-state index contributed by atoms with van der Waals surface area (Å²) in [7, 11) is 0. The molecular weight excluding hydrogens is 138 g/mol. The van der Waals surface area contributed by atoms with E-state index in [0.717, 1.165) is 25.5 Å². The molecule has 11 heavy (non-hydrogen) atoms. The minimum atomic E-state index is 0.872. The predicted octanol–water partition coefficient (Wildman–Crippen LogP) is 1.01. The number of hydrogen-bond acceptors (Lipinski definition) is 2. The van der Waals surface area contributed by atoms with Crippen molar-refractivity contribution >= 4 is 0 Å². The fraction of sp³-hybridized carbons (Fsp3) is 0.625. The highest BCUT2D eigenvalue weighted by atomic mass is 15.1. The lowest BCUT2D eigenvalue weighted by atomic mass is 10.5. The maximum absolute atomic E-state index is 4.22. The third kappa shape index (κ3) is 2.05. The van der Waals surface area contributed by atoms with Crippen molar-refractivity contribution < 1.29 is 0 Å². The maximum atomic E-state index is 4.22. The highest BCUT2D eigenvalue weighted by molar-refractivity contribution is 4.91. The van der Waals surface area contributed by atoms with E-state index >= 15 is 0 Å². The molecule has 3 heteroatoms. The second-order valence-corrected chi connectivity index (χ2v) is 2.41. The molecule has 1 heterocycles. The van der Waals surface area contributed by atoms with Crippen LogP contribution in [0.2, 0.25) is 0 Å². The highest BCUT2D eigenvalue weighted by Crippen LogP contribution is 1.95. The van der Waals surface area contributed by atoms with E-state index in [9.17, 15) is 0 Å². The molecule has 0 aliphatic heterocycles. The fourth-order valence-electron chi connectivity index (χ4n) is 1.03. The van der Waals surface area contributed by atoms with Crippen LogP contribution >= 0.6 is 0 Å². The largest absolute Gasteiger partial charge is 0.334 e. The van der Waals surface area contributed by atoms with Crippen LogP contribution in [0.5, 0.6) is 0 Å². The Labute approximate surface area is 67.4 Å². The van der Waals surface area contributed by atoms with Gasteiger partial charge in [-0.1, -0.05) is 6.92 Å². The van der Waals surface area contributed by atoms with Crippen LogP contribution in [0, 0.1) is 0 Å². The molecule has 0 radical (unpaired) electrons. The van der Waals surface area contributed by atoms with Crippen LogP contribution in [0.3, 0.4) is 0 Å². The highest BCUT2D eigenvalue weighted by Gasteiger charge is 1.97. The van der Waals surface area contributed by atoms with E-state index in [0.29, 0.717) is 0 Å². The molecule has 0 aliphatic rings. The van der Waals surface area contributed by atoms with Crippen LogP contribution in [-0.4, -0.2) is 16.1 Å². The lowest BCUT2D eigenvalue weighted by Gasteiger charge is -2.03. The molecule has 1 aromatic heterocycles. The molecule has 1 rings (SSSR count). The van der Waals surface area contributed by atoms with Crippen LogP contribution in [0.15, 0.2) is 12.4 Å². The quantitative estimate of drug-likeness (QED) is 0.699. The van der Waals surface area contributed by atoms with Gasteiger partial charge in [0.15, 0.2) is 0 Å². The maximum Gasteiger partial charge on any atom is 0.122 e. The van der Waals surface area contributed by atoms with E-state index in [4.69, 9.17) is 0 Å². The first-order valence-corrected chi connectivity index (χ1v) is 4.09. The Balaban J connectivity index is 2.54. The summed E-state index contributed by atoms with van der Waals surface area (Å²) >= 11 is 0. The van der Waals surface area contributed by atoms with Crippen molar-refractivity contribution in [2.24, 2.45) is 0 Å². The zero-order chi connectivity index (χ0) is 8.10. The van der Waals surface area contributed by atoms with Crippen LogP contribution in [-0.2, 0) is 13.1 Å². The van der Waals surface area contributed by atoms with Crippen LogP contribution in [0.25, 0.3) is 0 Å². The molecule has 62 valence electrons. The van der Waals surface area contributed by atoms with Gasteiger partial charge in [-0.05, 0) is 13.5 Å². The van der Waals surface area contributed by atoms with Gasteiger partial charge in [0, 0.05) is 18.9 Å². The first kappa shape index (κ1) is 8.27. The van der Waals surface area contributed by atoms with E-state index in [2.05, 4.69) is 28.7 Å². The Kier molecular flexibility index (Phi) is 3.11. The van der Waals surface area contributed by atoms with Crippen molar-refractivity contribution in [3.63, 3.8) is 0 Å². The molecule has 3 nitrogen and oxygen atoms in total. The van der Waals surface area contributed by atoms with Gasteiger partial charge < -0.3 is 9.88 Å².